The lowest BCUT2D eigenvalue weighted by molar-refractivity contribution is -0.142. The summed E-state index contributed by atoms with van der Waals surface area (Å²) in [6, 6.07) is 7.36. The third-order valence-electron chi connectivity index (χ3n) is 2.56. The maximum atomic E-state index is 11.7. The number of carbonyl (C=O) groups is 2. The fraction of sp³-hybridized carbons (Fsp3) is 0.333. The first kappa shape index (κ1) is 12.2. The molecule has 6 heteroatoms. The van der Waals surface area contributed by atoms with Gasteiger partial charge in [-0.3, -0.25) is 9.59 Å². The Morgan fingerprint density at radius 1 is 1.50 bits per heavy atom. The van der Waals surface area contributed by atoms with Gasteiger partial charge in [-0.1, -0.05) is 12.1 Å². The normalized spacial score (nSPS) is 16.8. The molecular weight excluding hydrogens is 236 g/mol. The van der Waals surface area contributed by atoms with Gasteiger partial charge in [-0.05, 0) is 12.1 Å². The minimum absolute atomic E-state index is 0.156. The molecule has 2 N–H and O–H groups in total. The molecule has 1 heterocycles. The minimum atomic E-state index is -0.649. The van der Waals surface area contributed by atoms with Crippen LogP contribution in [-0.4, -0.2) is 38.2 Å². The number of anilines is 1. The zero-order valence-corrected chi connectivity index (χ0v) is 9.93. The van der Waals surface area contributed by atoms with Gasteiger partial charge in [0.15, 0.2) is 6.10 Å². The third kappa shape index (κ3) is 2.71. The Balaban J connectivity index is 1.92. The van der Waals surface area contributed by atoms with Crippen LogP contribution in [0.3, 0.4) is 0 Å². The van der Waals surface area contributed by atoms with Crippen LogP contribution in [0, 0.1) is 0 Å². The quantitative estimate of drug-likeness (QED) is 0.747. The summed E-state index contributed by atoms with van der Waals surface area (Å²) in [7, 11) is 1.27. The van der Waals surface area contributed by atoms with E-state index in [9.17, 15) is 9.59 Å². The van der Waals surface area contributed by atoms with Crippen molar-refractivity contribution in [2.75, 3.05) is 25.5 Å². The first-order chi connectivity index (χ1) is 8.70. The van der Waals surface area contributed by atoms with E-state index in [-0.39, 0.29) is 12.5 Å². The zero-order valence-electron chi connectivity index (χ0n) is 9.93. The number of fused-ring (bicyclic) bond motifs is 1. The Morgan fingerprint density at radius 3 is 3.06 bits per heavy atom. The lowest BCUT2D eigenvalue weighted by Gasteiger charge is -2.26. The highest BCUT2D eigenvalue weighted by molar-refractivity contribution is 5.86. The molecule has 18 heavy (non-hydrogen) atoms. The SMILES string of the molecule is COC(=O)CNC(=O)C1CNc2ccccc2O1. The molecule has 0 aliphatic carbocycles. The van der Waals surface area contributed by atoms with E-state index in [0.29, 0.717) is 12.3 Å². The maximum Gasteiger partial charge on any atom is 0.325 e. The van der Waals surface area contributed by atoms with Crippen molar-refractivity contribution in [1.29, 1.82) is 0 Å². The maximum absolute atomic E-state index is 11.7. The molecular formula is C12H14N2O4. The largest absolute Gasteiger partial charge is 0.477 e. The van der Waals surface area contributed by atoms with Gasteiger partial charge in [0.1, 0.15) is 12.3 Å². The van der Waals surface area contributed by atoms with Crippen LogP contribution in [0.15, 0.2) is 24.3 Å². The molecule has 0 saturated carbocycles. The second-order valence-corrected chi connectivity index (χ2v) is 3.78. The molecule has 1 amide bonds. The summed E-state index contributed by atoms with van der Waals surface area (Å²) in [5.41, 5.74) is 0.856. The van der Waals surface area contributed by atoms with Gasteiger partial charge in [0.05, 0.1) is 19.3 Å². The van der Waals surface area contributed by atoms with Crippen LogP contribution in [0.4, 0.5) is 5.69 Å². The molecule has 96 valence electrons. The van der Waals surface area contributed by atoms with Gasteiger partial charge in [-0.25, -0.2) is 0 Å². The summed E-state index contributed by atoms with van der Waals surface area (Å²) in [5, 5.41) is 5.55. The average molecular weight is 250 g/mol. The topological polar surface area (TPSA) is 76.7 Å². The van der Waals surface area contributed by atoms with E-state index < -0.39 is 12.1 Å². The number of methoxy groups -OCH3 is 1. The smallest absolute Gasteiger partial charge is 0.325 e. The van der Waals surface area contributed by atoms with E-state index in [1.165, 1.54) is 7.11 Å². The monoisotopic (exact) mass is 250 g/mol. The Morgan fingerprint density at radius 2 is 2.28 bits per heavy atom. The van der Waals surface area contributed by atoms with Gasteiger partial charge in [-0.15, -0.1) is 0 Å². The molecule has 0 saturated heterocycles. The van der Waals surface area contributed by atoms with Gasteiger partial charge in [0, 0.05) is 0 Å². The third-order valence-corrected chi connectivity index (χ3v) is 2.56. The van der Waals surface area contributed by atoms with Crippen molar-refractivity contribution in [3.8, 4) is 5.75 Å². The van der Waals surface area contributed by atoms with E-state index in [4.69, 9.17) is 4.74 Å². The fourth-order valence-corrected chi connectivity index (χ4v) is 1.60. The molecule has 0 aromatic heterocycles. The highest BCUT2D eigenvalue weighted by Crippen LogP contribution is 2.27. The van der Waals surface area contributed by atoms with E-state index >= 15 is 0 Å². The van der Waals surface area contributed by atoms with Gasteiger partial charge in [0.25, 0.3) is 5.91 Å². The first-order valence-corrected chi connectivity index (χ1v) is 5.55. The van der Waals surface area contributed by atoms with Crippen molar-refractivity contribution >= 4 is 17.6 Å². The van der Waals surface area contributed by atoms with Crippen LogP contribution in [0.1, 0.15) is 0 Å². The Bertz CT molecular complexity index is 461. The number of carbonyl (C=O) groups excluding carboxylic acids is 2. The minimum Gasteiger partial charge on any atom is -0.477 e. The number of rotatable bonds is 3. The second-order valence-electron chi connectivity index (χ2n) is 3.78. The number of hydrogen-bond acceptors (Lipinski definition) is 5. The van der Waals surface area contributed by atoms with Crippen LogP contribution in [0.5, 0.6) is 5.75 Å². The molecule has 1 aromatic carbocycles. The average Bonchev–Trinajstić information content (AvgIpc) is 2.43. The van der Waals surface area contributed by atoms with E-state index in [2.05, 4.69) is 15.4 Å². The highest BCUT2D eigenvalue weighted by atomic mass is 16.5. The number of esters is 1. The molecule has 1 aromatic rings. The van der Waals surface area contributed by atoms with Crippen molar-refractivity contribution in [2.45, 2.75) is 6.10 Å². The predicted octanol–water partition coefficient (Wildman–Crippen LogP) is 0.149. The van der Waals surface area contributed by atoms with Crippen LogP contribution in [0.25, 0.3) is 0 Å². The van der Waals surface area contributed by atoms with Crippen LogP contribution in [-0.2, 0) is 14.3 Å². The van der Waals surface area contributed by atoms with Crippen molar-refractivity contribution in [3.63, 3.8) is 0 Å². The van der Waals surface area contributed by atoms with E-state index in [1.54, 1.807) is 6.07 Å². The molecule has 1 aliphatic rings. The summed E-state index contributed by atoms with van der Waals surface area (Å²) in [4.78, 5) is 22.6. The van der Waals surface area contributed by atoms with E-state index in [1.807, 2.05) is 18.2 Å². The van der Waals surface area contributed by atoms with Crippen molar-refractivity contribution < 1.29 is 19.1 Å². The number of benzene rings is 1. The van der Waals surface area contributed by atoms with Crippen LogP contribution < -0.4 is 15.4 Å². The molecule has 0 fully saturated rings. The summed E-state index contributed by atoms with van der Waals surface area (Å²) < 4.78 is 9.97. The number of nitrogens with one attached hydrogen (secondary N) is 2. The molecule has 1 atom stereocenters. The number of hydrogen-bond donors (Lipinski definition) is 2. The van der Waals surface area contributed by atoms with Gasteiger partial charge >= 0.3 is 5.97 Å². The zero-order chi connectivity index (χ0) is 13.0. The van der Waals surface area contributed by atoms with Crippen molar-refractivity contribution in [1.82, 2.24) is 5.32 Å². The standard InChI is InChI=1S/C12H14N2O4/c1-17-11(15)7-14-12(16)10-6-13-8-4-2-3-5-9(8)18-10/h2-5,10,13H,6-7H2,1H3,(H,14,16). The van der Waals surface area contributed by atoms with Crippen LogP contribution in [0.2, 0.25) is 0 Å². The molecule has 1 aliphatic heterocycles. The Hall–Kier alpha value is -2.24. The molecule has 2 rings (SSSR count). The summed E-state index contributed by atoms with van der Waals surface area (Å²) in [5.74, 6) is -0.211. The Kier molecular flexibility index (Phi) is 3.66. The molecule has 6 nitrogen and oxygen atoms in total. The molecule has 0 spiro atoms. The number of amides is 1. The molecule has 0 radical (unpaired) electrons. The number of ether oxygens (including phenoxy) is 2. The molecule has 1 unspecified atom stereocenters. The van der Waals surface area contributed by atoms with Crippen LogP contribution >= 0.6 is 0 Å². The van der Waals surface area contributed by atoms with Gasteiger partial charge in [0.2, 0.25) is 0 Å². The first-order valence-electron chi connectivity index (χ1n) is 5.55. The van der Waals surface area contributed by atoms with Gasteiger partial charge in [-0.2, -0.15) is 0 Å². The molecule has 0 bridgehead atoms. The van der Waals surface area contributed by atoms with Gasteiger partial charge < -0.3 is 20.1 Å². The summed E-state index contributed by atoms with van der Waals surface area (Å²) in [6.07, 6.45) is -0.649. The fourth-order valence-electron chi connectivity index (χ4n) is 1.60. The number of para-hydroxylation sites is 2. The Labute approximate surface area is 104 Å². The summed E-state index contributed by atoms with van der Waals surface area (Å²) in [6.45, 7) is 0.209. The second kappa shape index (κ2) is 5.39. The summed E-state index contributed by atoms with van der Waals surface area (Å²) >= 11 is 0. The lowest BCUT2D eigenvalue weighted by atomic mass is 10.2. The lowest BCUT2D eigenvalue weighted by Crippen LogP contribution is -2.46. The predicted molar refractivity (Wildman–Crippen MR) is 64.4 cm³/mol. The van der Waals surface area contributed by atoms with Crippen molar-refractivity contribution in [2.24, 2.45) is 0 Å². The highest BCUT2D eigenvalue weighted by Gasteiger charge is 2.25. The van der Waals surface area contributed by atoms with E-state index in [0.717, 1.165) is 5.69 Å². The van der Waals surface area contributed by atoms with Crippen molar-refractivity contribution in [3.05, 3.63) is 24.3 Å².